The largest absolute Gasteiger partial charge is 0.331 e. The van der Waals surface area contributed by atoms with Crippen LogP contribution in [0.4, 0.5) is 4.79 Å². The predicted molar refractivity (Wildman–Crippen MR) is 80.6 cm³/mol. The van der Waals surface area contributed by atoms with Crippen LogP contribution >= 0.6 is 0 Å². The number of amides is 3. The van der Waals surface area contributed by atoms with E-state index in [1.807, 2.05) is 13.0 Å². The van der Waals surface area contributed by atoms with Crippen LogP contribution in [0, 0.1) is 23.2 Å². The number of nitriles is 1. The van der Waals surface area contributed by atoms with Gasteiger partial charge in [-0.05, 0) is 19.3 Å². The van der Waals surface area contributed by atoms with Gasteiger partial charge in [-0.15, -0.1) is 0 Å². The van der Waals surface area contributed by atoms with Crippen molar-refractivity contribution < 1.29 is 9.59 Å². The van der Waals surface area contributed by atoms with Crippen molar-refractivity contribution in [2.45, 2.75) is 46.1 Å². The van der Waals surface area contributed by atoms with Gasteiger partial charge < -0.3 is 0 Å². The first-order valence-electron chi connectivity index (χ1n) is 7.32. The molecule has 1 aliphatic rings. The van der Waals surface area contributed by atoms with Crippen molar-refractivity contribution in [1.82, 2.24) is 9.80 Å². The molecule has 0 aromatic heterocycles. The monoisotopic (exact) mass is 292 g/mol. The smallest absolute Gasteiger partial charge is 0.283 e. The Hall–Kier alpha value is -1.90. The maximum absolute atomic E-state index is 12.0. The van der Waals surface area contributed by atoms with Gasteiger partial charge >= 0.3 is 6.03 Å². The second kappa shape index (κ2) is 7.21. The Morgan fingerprint density at radius 2 is 1.81 bits per heavy atom. The second-order valence-electron chi connectivity index (χ2n) is 5.96. The second-order valence-corrected chi connectivity index (χ2v) is 5.96. The first-order valence-corrected chi connectivity index (χ1v) is 7.32. The Morgan fingerprint density at radius 1 is 1.19 bits per heavy atom. The molecular formula is C15H24N4O2. The van der Waals surface area contributed by atoms with Gasteiger partial charge in [-0.2, -0.15) is 5.26 Å². The van der Waals surface area contributed by atoms with Gasteiger partial charge in [0.25, 0.3) is 5.91 Å². The van der Waals surface area contributed by atoms with E-state index in [1.165, 1.54) is 11.9 Å². The molecule has 0 radical (unpaired) electrons. The summed E-state index contributed by atoms with van der Waals surface area (Å²) >= 11 is 0. The van der Waals surface area contributed by atoms with Crippen LogP contribution in [0.1, 0.15) is 40.0 Å². The molecule has 2 unspecified atom stereocenters. The maximum atomic E-state index is 12.0. The van der Waals surface area contributed by atoms with Crippen molar-refractivity contribution in [3.8, 4) is 6.07 Å². The summed E-state index contributed by atoms with van der Waals surface area (Å²) in [4.78, 5) is 30.6. The lowest BCUT2D eigenvalue weighted by atomic mass is 10.0. The van der Waals surface area contributed by atoms with E-state index in [0.29, 0.717) is 5.92 Å². The number of aliphatic imine (C=N–C) groups is 1. The van der Waals surface area contributed by atoms with E-state index in [9.17, 15) is 14.9 Å². The van der Waals surface area contributed by atoms with Gasteiger partial charge in [0.1, 0.15) is 5.84 Å². The van der Waals surface area contributed by atoms with Crippen molar-refractivity contribution in [3.63, 3.8) is 0 Å². The average molecular weight is 292 g/mol. The van der Waals surface area contributed by atoms with Crippen LogP contribution in [0.5, 0.6) is 0 Å². The zero-order valence-electron chi connectivity index (χ0n) is 13.5. The molecule has 1 fully saturated rings. The molecule has 6 nitrogen and oxygen atoms in total. The van der Waals surface area contributed by atoms with E-state index in [1.54, 1.807) is 7.05 Å². The first kappa shape index (κ1) is 17.2. The minimum atomic E-state index is -0.995. The van der Waals surface area contributed by atoms with Crippen molar-refractivity contribution >= 4 is 17.8 Å². The molecule has 0 aliphatic carbocycles. The molecule has 6 heteroatoms. The number of hydrogen-bond donors (Lipinski definition) is 0. The molecule has 0 aromatic rings. The van der Waals surface area contributed by atoms with E-state index < -0.39 is 17.9 Å². The summed E-state index contributed by atoms with van der Waals surface area (Å²) in [6.07, 6.45) is 3.04. The van der Waals surface area contributed by atoms with E-state index >= 15 is 0 Å². The molecule has 0 spiro atoms. The Bertz CT molecular complexity index is 479. The molecule has 1 aliphatic heterocycles. The Labute approximate surface area is 126 Å². The summed E-state index contributed by atoms with van der Waals surface area (Å²) in [6, 6.07) is 1.49. The average Bonchev–Trinajstić information content (AvgIpc) is 2.42. The maximum Gasteiger partial charge on any atom is 0.331 e. The summed E-state index contributed by atoms with van der Waals surface area (Å²) in [5, 5.41) is 9.20. The van der Waals surface area contributed by atoms with Crippen LogP contribution < -0.4 is 0 Å². The SMILES string of the molecule is CC(C)CCCC(C)N=C1C(C#N)C(=O)N(C)C(=O)N1C. The van der Waals surface area contributed by atoms with E-state index in [4.69, 9.17) is 0 Å². The molecule has 0 aromatic carbocycles. The third-order valence-corrected chi connectivity index (χ3v) is 3.64. The molecule has 0 N–H and O–H groups in total. The van der Waals surface area contributed by atoms with Crippen molar-refractivity contribution in [1.29, 1.82) is 5.26 Å². The minimum Gasteiger partial charge on any atom is -0.283 e. The standard InChI is InChI=1S/C15H24N4O2/c1-10(2)7-6-8-11(3)17-13-12(9-16)14(20)19(5)15(21)18(13)4/h10-12H,6-8H2,1-5H3. The summed E-state index contributed by atoms with van der Waals surface area (Å²) < 4.78 is 0. The minimum absolute atomic E-state index is 0.0129. The number of hydrogen-bond acceptors (Lipinski definition) is 4. The first-order chi connectivity index (χ1) is 9.79. The quantitative estimate of drug-likeness (QED) is 0.780. The van der Waals surface area contributed by atoms with Crippen molar-refractivity contribution in [2.75, 3.05) is 14.1 Å². The Balaban J connectivity index is 2.86. The molecule has 0 saturated carbocycles. The highest BCUT2D eigenvalue weighted by atomic mass is 16.2. The van der Waals surface area contributed by atoms with Gasteiger partial charge in [-0.3, -0.25) is 19.6 Å². The van der Waals surface area contributed by atoms with Crippen molar-refractivity contribution in [2.24, 2.45) is 16.8 Å². The van der Waals surface area contributed by atoms with Gasteiger partial charge in [-0.1, -0.05) is 26.7 Å². The Morgan fingerprint density at radius 3 is 2.33 bits per heavy atom. The fraction of sp³-hybridized carbons (Fsp3) is 0.733. The number of rotatable bonds is 5. The molecule has 116 valence electrons. The van der Waals surface area contributed by atoms with E-state index in [2.05, 4.69) is 18.8 Å². The zero-order valence-corrected chi connectivity index (χ0v) is 13.5. The summed E-state index contributed by atoms with van der Waals surface area (Å²) in [7, 11) is 2.93. The summed E-state index contributed by atoms with van der Waals surface area (Å²) in [6.45, 7) is 6.29. The predicted octanol–water partition coefficient (Wildman–Crippen LogP) is 2.26. The zero-order chi connectivity index (χ0) is 16.2. The normalized spacial score (nSPS) is 22.9. The van der Waals surface area contributed by atoms with Gasteiger partial charge in [-0.25, -0.2) is 4.79 Å². The fourth-order valence-corrected chi connectivity index (χ4v) is 2.30. The van der Waals surface area contributed by atoms with Crippen LogP contribution in [0.25, 0.3) is 0 Å². The number of carbonyl (C=O) groups excluding carboxylic acids is 2. The highest BCUT2D eigenvalue weighted by molar-refractivity contribution is 6.19. The number of urea groups is 1. The molecule has 1 heterocycles. The van der Waals surface area contributed by atoms with E-state index in [-0.39, 0.29) is 11.9 Å². The van der Waals surface area contributed by atoms with E-state index in [0.717, 1.165) is 24.2 Å². The van der Waals surface area contributed by atoms with Gasteiger partial charge in [0.15, 0.2) is 5.92 Å². The molecule has 1 rings (SSSR count). The number of carbonyl (C=O) groups is 2. The lowest BCUT2D eigenvalue weighted by molar-refractivity contribution is -0.129. The molecule has 1 saturated heterocycles. The van der Waals surface area contributed by atoms with Crippen LogP contribution in [0.15, 0.2) is 4.99 Å². The van der Waals surface area contributed by atoms with Gasteiger partial charge in [0.2, 0.25) is 0 Å². The third kappa shape index (κ3) is 4.03. The molecule has 21 heavy (non-hydrogen) atoms. The topological polar surface area (TPSA) is 76.8 Å². The highest BCUT2D eigenvalue weighted by Gasteiger charge is 2.41. The van der Waals surface area contributed by atoms with Crippen LogP contribution in [0.2, 0.25) is 0 Å². The fourth-order valence-electron chi connectivity index (χ4n) is 2.30. The number of amidine groups is 1. The van der Waals surface area contributed by atoms with Gasteiger partial charge in [0, 0.05) is 20.1 Å². The molecular weight excluding hydrogens is 268 g/mol. The van der Waals surface area contributed by atoms with Crippen LogP contribution in [-0.2, 0) is 4.79 Å². The molecule has 0 bridgehead atoms. The Kier molecular flexibility index (Phi) is 5.89. The lowest BCUT2D eigenvalue weighted by Gasteiger charge is -2.33. The highest BCUT2D eigenvalue weighted by Crippen LogP contribution is 2.18. The van der Waals surface area contributed by atoms with Gasteiger partial charge in [0.05, 0.1) is 6.07 Å². The summed E-state index contributed by atoms with van der Waals surface area (Å²) in [5.74, 6) is -0.590. The summed E-state index contributed by atoms with van der Waals surface area (Å²) in [5.41, 5.74) is 0. The molecule has 3 amide bonds. The van der Waals surface area contributed by atoms with Crippen LogP contribution in [-0.4, -0.2) is 47.7 Å². The number of nitrogens with zero attached hydrogens (tertiary/aromatic N) is 4. The lowest BCUT2D eigenvalue weighted by Crippen LogP contribution is -2.56. The van der Waals surface area contributed by atoms with Crippen molar-refractivity contribution in [3.05, 3.63) is 0 Å². The number of imide groups is 1. The third-order valence-electron chi connectivity index (χ3n) is 3.64. The molecule has 2 atom stereocenters. The van der Waals surface area contributed by atoms with Crippen LogP contribution in [0.3, 0.4) is 0 Å².